The van der Waals surface area contributed by atoms with E-state index in [1.54, 1.807) is 6.33 Å². The van der Waals surface area contributed by atoms with Crippen LogP contribution in [0.25, 0.3) is 11.2 Å². The molecule has 4 heterocycles. The molecule has 4 N–H and O–H groups in total. The fourth-order valence-electron chi connectivity index (χ4n) is 4.73. The Morgan fingerprint density at radius 1 is 1.08 bits per heavy atom. The summed E-state index contributed by atoms with van der Waals surface area (Å²) in [7, 11) is 0. The lowest BCUT2D eigenvalue weighted by molar-refractivity contribution is -0.0709. The third-order valence-electron chi connectivity index (χ3n) is 6.59. The molecular weight excluding hydrogens is 518 g/mol. The highest BCUT2D eigenvalue weighted by atomic mass is 32.1. The maximum atomic E-state index is 12.0. The number of nitrogens with one attached hydrogen (secondary N) is 2. The molecule has 0 saturated carbocycles. The van der Waals surface area contributed by atoms with Gasteiger partial charge in [-0.15, -0.1) is 11.3 Å². The van der Waals surface area contributed by atoms with Crippen molar-refractivity contribution in [2.24, 2.45) is 5.73 Å². The number of aromatic nitrogens is 4. The first-order valence-corrected chi connectivity index (χ1v) is 13.8. The summed E-state index contributed by atoms with van der Waals surface area (Å²) in [6.07, 6.45) is 5.58. The quantitative estimate of drug-likeness (QED) is 0.239. The molecule has 3 amide bonds. The van der Waals surface area contributed by atoms with Crippen LogP contribution in [0.1, 0.15) is 53.3 Å². The van der Waals surface area contributed by atoms with E-state index in [-0.39, 0.29) is 24.1 Å². The Hall–Kier alpha value is -3.87. The predicted octanol–water partition coefficient (Wildman–Crippen LogP) is 4.02. The normalized spacial score (nSPS) is 18.8. The number of benzene rings is 1. The van der Waals surface area contributed by atoms with Crippen molar-refractivity contribution in [3.05, 3.63) is 70.4 Å². The SMILES string of the molecule is CCNC(=O)Nc1ncnc2c1ncn2CC1O[C@@H](c2ccccc2)OC1CCCCc1ccsc1C(N)=O. The largest absolute Gasteiger partial charge is 0.365 e. The summed E-state index contributed by atoms with van der Waals surface area (Å²) in [4.78, 5) is 37.4. The summed E-state index contributed by atoms with van der Waals surface area (Å²) in [5, 5.41) is 7.32. The van der Waals surface area contributed by atoms with Crippen molar-refractivity contribution in [1.29, 1.82) is 0 Å². The number of fused-ring (bicyclic) bond motifs is 1. The van der Waals surface area contributed by atoms with Gasteiger partial charge >= 0.3 is 6.03 Å². The molecule has 4 aromatic rings. The van der Waals surface area contributed by atoms with Gasteiger partial charge in [0.05, 0.1) is 23.9 Å². The highest BCUT2D eigenvalue weighted by molar-refractivity contribution is 7.12. The highest BCUT2D eigenvalue weighted by Gasteiger charge is 2.37. The molecule has 2 unspecified atom stereocenters. The number of imidazole rings is 1. The number of anilines is 1. The van der Waals surface area contributed by atoms with Gasteiger partial charge in [-0.05, 0) is 43.2 Å². The zero-order valence-corrected chi connectivity index (χ0v) is 22.4. The first-order valence-electron chi connectivity index (χ1n) is 13.0. The molecule has 1 aliphatic heterocycles. The molecule has 11 nitrogen and oxygen atoms in total. The second-order valence-electron chi connectivity index (χ2n) is 9.25. The van der Waals surface area contributed by atoms with Crippen LogP contribution in [0.2, 0.25) is 0 Å². The van der Waals surface area contributed by atoms with Crippen molar-refractivity contribution in [3.63, 3.8) is 0 Å². The van der Waals surface area contributed by atoms with Gasteiger partial charge in [0.25, 0.3) is 5.91 Å². The van der Waals surface area contributed by atoms with Gasteiger partial charge in [-0.2, -0.15) is 0 Å². The molecule has 0 bridgehead atoms. The molecule has 3 aromatic heterocycles. The minimum Gasteiger partial charge on any atom is -0.365 e. The van der Waals surface area contributed by atoms with E-state index in [9.17, 15) is 9.59 Å². The third-order valence-corrected chi connectivity index (χ3v) is 7.56. The van der Waals surface area contributed by atoms with Crippen molar-refractivity contribution in [3.8, 4) is 0 Å². The molecule has 204 valence electrons. The molecule has 5 rings (SSSR count). The second-order valence-corrected chi connectivity index (χ2v) is 10.2. The Kier molecular flexibility index (Phi) is 8.45. The van der Waals surface area contributed by atoms with Crippen LogP contribution < -0.4 is 16.4 Å². The topological polar surface area (TPSA) is 146 Å². The van der Waals surface area contributed by atoms with Gasteiger partial charge in [-0.3, -0.25) is 10.1 Å². The van der Waals surface area contributed by atoms with Crippen LogP contribution in [-0.4, -0.2) is 50.2 Å². The summed E-state index contributed by atoms with van der Waals surface area (Å²) in [5.74, 6) is -0.0326. The molecule has 0 aliphatic carbocycles. The number of carbonyl (C=O) groups is 2. The number of primary amides is 1. The molecule has 1 aromatic carbocycles. The van der Waals surface area contributed by atoms with Crippen LogP contribution in [0.3, 0.4) is 0 Å². The second kappa shape index (κ2) is 12.3. The summed E-state index contributed by atoms with van der Waals surface area (Å²) < 4.78 is 14.7. The number of hydrogen-bond donors (Lipinski definition) is 3. The minimum atomic E-state index is -0.473. The van der Waals surface area contributed by atoms with Crippen LogP contribution in [0, 0.1) is 0 Å². The van der Waals surface area contributed by atoms with E-state index in [0.717, 1.165) is 36.8 Å². The van der Waals surface area contributed by atoms with Crippen LogP contribution in [0.4, 0.5) is 10.6 Å². The van der Waals surface area contributed by atoms with Gasteiger partial charge in [0, 0.05) is 12.1 Å². The average molecular weight is 550 g/mol. The van der Waals surface area contributed by atoms with Gasteiger partial charge < -0.3 is 25.1 Å². The highest BCUT2D eigenvalue weighted by Crippen LogP contribution is 2.35. The minimum absolute atomic E-state index is 0.152. The van der Waals surface area contributed by atoms with E-state index in [1.807, 2.05) is 53.3 Å². The van der Waals surface area contributed by atoms with Crippen molar-refractivity contribution in [2.75, 3.05) is 11.9 Å². The van der Waals surface area contributed by atoms with Gasteiger partial charge in [0.2, 0.25) is 0 Å². The van der Waals surface area contributed by atoms with E-state index in [0.29, 0.717) is 34.9 Å². The molecule has 12 heteroatoms. The number of carbonyl (C=O) groups excluding carboxylic acids is 2. The summed E-state index contributed by atoms with van der Waals surface area (Å²) in [6, 6.07) is 11.5. The Labute approximate surface area is 229 Å². The van der Waals surface area contributed by atoms with Crippen LogP contribution >= 0.6 is 11.3 Å². The number of aryl methyl sites for hydroxylation is 1. The average Bonchev–Trinajstić information content (AvgIpc) is 3.67. The Morgan fingerprint density at radius 3 is 2.69 bits per heavy atom. The number of ether oxygens (including phenoxy) is 2. The van der Waals surface area contributed by atoms with Gasteiger partial charge in [0.1, 0.15) is 12.4 Å². The monoisotopic (exact) mass is 549 g/mol. The zero-order chi connectivity index (χ0) is 27.2. The summed E-state index contributed by atoms with van der Waals surface area (Å²) in [6.45, 7) is 2.81. The Bertz CT molecular complexity index is 1420. The lowest BCUT2D eigenvalue weighted by atomic mass is 10.0. The fourth-order valence-corrected chi connectivity index (χ4v) is 5.53. The van der Waals surface area contributed by atoms with Gasteiger partial charge in [0.15, 0.2) is 23.3 Å². The maximum absolute atomic E-state index is 12.0. The maximum Gasteiger partial charge on any atom is 0.320 e. The number of nitrogens with two attached hydrogens (primary N) is 1. The van der Waals surface area contributed by atoms with Crippen molar-refractivity contribution >= 4 is 40.3 Å². The van der Waals surface area contributed by atoms with Crippen LogP contribution in [-0.2, 0) is 22.4 Å². The number of rotatable bonds is 11. The molecule has 39 heavy (non-hydrogen) atoms. The number of amides is 3. The number of urea groups is 1. The lowest BCUT2D eigenvalue weighted by Gasteiger charge is -2.17. The molecule has 0 spiro atoms. The third kappa shape index (κ3) is 6.24. The van der Waals surface area contributed by atoms with E-state index < -0.39 is 6.29 Å². The van der Waals surface area contributed by atoms with Crippen molar-refractivity contribution in [2.45, 2.75) is 57.6 Å². The first-order chi connectivity index (χ1) is 19.0. The zero-order valence-electron chi connectivity index (χ0n) is 21.6. The summed E-state index contributed by atoms with van der Waals surface area (Å²) >= 11 is 1.38. The van der Waals surface area contributed by atoms with Gasteiger partial charge in [-0.25, -0.2) is 19.7 Å². The molecule has 3 atom stereocenters. The lowest BCUT2D eigenvalue weighted by Crippen LogP contribution is -2.29. The van der Waals surface area contributed by atoms with E-state index in [4.69, 9.17) is 15.2 Å². The van der Waals surface area contributed by atoms with Crippen molar-refractivity contribution in [1.82, 2.24) is 24.8 Å². The molecule has 0 radical (unpaired) electrons. The predicted molar refractivity (Wildman–Crippen MR) is 147 cm³/mol. The van der Waals surface area contributed by atoms with Gasteiger partial charge in [-0.1, -0.05) is 36.8 Å². The smallest absolute Gasteiger partial charge is 0.320 e. The van der Waals surface area contributed by atoms with E-state index >= 15 is 0 Å². The van der Waals surface area contributed by atoms with E-state index in [2.05, 4.69) is 25.6 Å². The molecule has 1 fully saturated rings. The number of unbranched alkanes of at least 4 members (excludes halogenated alkanes) is 1. The first kappa shape index (κ1) is 26.7. The number of hydrogen-bond acceptors (Lipinski definition) is 8. The molecule has 1 saturated heterocycles. The van der Waals surface area contributed by atoms with Crippen LogP contribution in [0.15, 0.2) is 54.4 Å². The van der Waals surface area contributed by atoms with Crippen LogP contribution in [0.5, 0.6) is 0 Å². The number of thiophene rings is 1. The number of nitrogens with zero attached hydrogens (tertiary/aromatic N) is 4. The van der Waals surface area contributed by atoms with E-state index in [1.165, 1.54) is 17.7 Å². The van der Waals surface area contributed by atoms with Crippen molar-refractivity contribution < 1.29 is 19.1 Å². The Morgan fingerprint density at radius 2 is 1.90 bits per heavy atom. The Balaban J connectivity index is 1.29. The molecule has 1 aliphatic rings. The fraction of sp³-hybridized carbons (Fsp3) is 0.370. The molecular formula is C27H31N7O4S. The standard InChI is InChI=1S/C27H31N7O4S/c1-2-29-27(36)33-24-21-25(31-15-30-24)34(16-32-21)14-20-19(37-26(38-20)18-9-4-3-5-10-18)11-7-6-8-17-12-13-39-22(17)23(28)35/h3-5,9-10,12-13,15-16,19-20,26H,2,6-8,11,14H2,1H3,(H2,28,35)(H2,29,30,31,33,36)/t19?,20?,26-/m0/s1. The summed E-state index contributed by atoms with van der Waals surface area (Å²) in [5.41, 5.74) is 8.55.